The molecule has 0 aromatic heterocycles. The lowest BCUT2D eigenvalue weighted by Crippen LogP contribution is -2.57. The molecule has 386 valence electrons. The van der Waals surface area contributed by atoms with Crippen molar-refractivity contribution in [3.8, 4) is 0 Å². The molecule has 2 rings (SSSR count). The number of aliphatic hydroxyl groups excluding tert-OH is 1. The van der Waals surface area contributed by atoms with Gasteiger partial charge in [-0.25, -0.2) is 14.4 Å². The summed E-state index contributed by atoms with van der Waals surface area (Å²) in [5, 5.41) is 22.6. The predicted octanol–water partition coefficient (Wildman–Crippen LogP) is 4.57. The first-order valence-electron chi connectivity index (χ1n) is 24.4. The summed E-state index contributed by atoms with van der Waals surface area (Å²) in [7, 11) is 1.39. The Kier molecular flexibility index (Phi) is 26.4. The summed E-state index contributed by atoms with van der Waals surface area (Å²) in [5.41, 5.74) is 1.41. The highest BCUT2D eigenvalue weighted by Crippen LogP contribution is 2.26. The van der Waals surface area contributed by atoms with E-state index in [9.17, 15) is 38.4 Å². The van der Waals surface area contributed by atoms with Crippen molar-refractivity contribution in [1.82, 2.24) is 31.5 Å². The number of carbonyl (C=O) groups is 8. The number of carbonyl (C=O) groups excluding carboxylic acids is 8. The first-order chi connectivity index (χ1) is 32.6. The Balaban J connectivity index is 2.64. The second-order valence-electron chi connectivity index (χ2n) is 18.6. The van der Waals surface area contributed by atoms with Crippen molar-refractivity contribution in [3.63, 3.8) is 0 Å². The van der Waals surface area contributed by atoms with Crippen LogP contribution in [0.4, 0.5) is 4.79 Å². The zero-order valence-electron chi connectivity index (χ0n) is 42.7. The molecule has 69 heavy (non-hydrogen) atoms. The number of hydrogen-bond donors (Lipinski definition) is 6. The molecule has 1 aliphatic rings. The van der Waals surface area contributed by atoms with Gasteiger partial charge in [-0.05, 0) is 76.9 Å². The van der Waals surface area contributed by atoms with Crippen LogP contribution in [-0.4, -0.2) is 127 Å². The van der Waals surface area contributed by atoms with Crippen LogP contribution in [0.15, 0.2) is 53.6 Å². The van der Waals surface area contributed by atoms with E-state index in [1.54, 1.807) is 64.1 Å². The van der Waals surface area contributed by atoms with Gasteiger partial charge in [0.25, 0.3) is 5.91 Å². The smallest absolute Gasteiger partial charge is 0.407 e. The molecule has 0 fully saturated rings. The van der Waals surface area contributed by atoms with E-state index in [-0.39, 0.29) is 37.4 Å². The van der Waals surface area contributed by atoms with Gasteiger partial charge in [0.05, 0.1) is 6.54 Å². The Bertz CT molecular complexity index is 1920. The molecule has 0 bridgehead atoms. The van der Waals surface area contributed by atoms with E-state index >= 15 is 0 Å². The van der Waals surface area contributed by atoms with Crippen molar-refractivity contribution in [2.75, 3.05) is 26.7 Å². The highest BCUT2D eigenvalue weighted by atomic mass is 16.6. The first-order valence-corrected chi connectivity index (χ1v) is 24.4. The third kappa shape index (κ3) is 20.8. The number of esters is 2. The maximum Gasteiger partial charge on any atom is 0.407 e. The number of benzene rings is 1. The molecule has 1 aliphatic heterocycles. The molecule has 1 heterocycles. The normalized spacial score (nSPS) is 26.0. The van der Waals surface area contributed by atoms with E-state index in [2.05, 4.69) is 26.6 Å². The molecule has 1 unspecified atom stereocenters. The largest absolute Gasteiger partial charge is 0.456 e. The number of unbranched alkanes of at least 4 members (excludes halogenated alkanes) is 4. The number of ether oxygens (including phenoxy) is 3. The number of aliphatic hydroxyl groups is 1. The monoisotopic (exact) mass is 969 g/mol. The lowest BCUT2D eigenvalue weighted by atomic mass is 9.90. The average Bonchev–Trinajstić information content (AvgIpc) is 3.31. The summed E-state index contributed by atoms with van der Waals surface area (Å²) in [6.45, 7) is 16.8. The molecule has 1 aromatic carbocycles. The van der Waals surface area contributed by atoms with Crippen molar-refractivity contribution in [3.05, 3.63) is 59.2 Å². The fourth-order valence-corrected chi connectivity index (χ4v) is 7.50. The minimum absolute atomic E-state index is 0.0411. The number of alkyl carbamates (subject to hydrolysis) is 1. The lowest BCUT2D eigenvalue weighted by molar-refractivity contribution is -0.155. The van der Waals surface area contributed by atoms with E-state index in [1.807, 2.05) is 20.8 Å². The van der Waals surface area contributed by atoms with Crippen molar-refractivity contribution < 1.29 is 57.7 Å². The molecule has 1 aromatic rings. The molecular formula is C51H80N6O12. The Labute approximate surface area is 408 Å². The van der Waals surface area contributed by atoms with Crippen LogP contribution in [-0.2, 0) is 54.2 Å². The number of nitrogens with zero attached hydrogens (tertiary/aromatic N) is 1. The van der Waals surface area contributed by atoms with Gasteiger partial charge in [-0.2, -0.15) is 0 Å². The average molecular weight is 969 g/mol. The van der Waals surface area contributed by atoms with E-state index < -0.39 is 108 Å². The van der Waals surface area contributed by atoms with Crippen LogP contribution in [0.1, 0.15) is 126 Å². The summed E-state index contributed by atoms with van der Waals surface area (Å²) >= 11 is 0. The quantitative estimate of drug-likeness (QED) is 0.0613. The molecule has 0 saturated carbocycles. The Hall–Kier alpha value is -5.78. The first kappa shape index (κ1) is 59.3. The lowest BCUT2D eigenvalue weighted by Gasteiger charge is -2.32. The minimum Gasteiger partial charge on any atom is -0.456 e. The van der Waals surface area contributed by atoms with Gasteiger partial charge in [0.2, 0.25) is 23.6 Å². The standard InChI is InChI=1S/C51H80N6O12/c1-12-32(5)43-47(62)54-37(10)50(65)69-44(33(6)13-2)35(8)40(68-51(66)52-26-20-15-14-16-21-27-58)25-24-34(7)49(64)67-41(28-31(3)4)46(61)53-36(9)45(60)55-39(29-38-22-18-17-19-23-38)48(63)57(11)30-42(59)56-43/h13,17-19,22-24,31-32,35-37,39-41,43-44,58H,12,14-16,20-21,25-30H2,1-11H3,(H,52,66)(H,53,61)(H,54,62)(H,55,60)(H,56,59)/b33-13+,34-24+/t32?,35-,36-,37+,39+,40-,41+,43-,44+/m0/s1. The van der Waals surface area contributed by atoms with Gasteiger partial charge in [0.15, 0.2) is 6.10 Å². The summed E-state index contributed by atoms with van der Waals surface area (Å²) in [6, 6.07) is 4.20. The Morgan fingerprint density at radius 2 is 1.52 bits per heavy atom. The maximum absolute atomic E-state index is 14.0. The van der Waals surface area contributed by atoms with Crippen LogP contribution in [0.2, 0.25) is 0 Å². The molecule has 0 radical (unpaired) electrons. The predicted molar refractivity (Wildman–Crippen MR) is 261 cm³/mol. The second kappa shape index (κ2) is 30.7. The number of hydrogen-bond acceptors (Lipinski definition) is 12. The fraction of sp³-hybridized carbons (Fsp3) is 0.647. The van der Waals surface area contributed by atoms with E-state index in [0.717, 1.165) is 24.2 Å². The second-order valence-corrected chi connectivity index (χ2v) is 18.6. The van der Waals surface area contributed by atoms with Gasteiger partial charge in [0.1, 0.15) is 36.4 Å². The van der Waals surface area contributed by atoms with Crippen molar-refractivity contribution in [1.29, 1.82) is 0 Å². The van der Waals surface area contributed by atoms with Gasteiger partial charge in [-0.3, -0.25) is 24.0 Å². The number of amides is 6. The molecule has 0 saturated heterocycles. The molecule has 18 heteroatoms. The van der Waals surface area contributed by atoms with Crippen LogP contribution in [0.3, 0.4) is 0 Å². The third-order valence-electron chi connectivity index (χ3n) is 12.2. The Morgan fingerprint density at radius 1 is 0.884 bits per heavy atom. The molecule has 9 atom stereocenters. The van der Waals surface area contributed by atoms with Crippen LogP contribution < -0.4 is 26.6 Å². The van der Waals surface area contributed by atoms with Crippen LogP contribution in [0.5, 0.6) is 0 Å². The van der Waals surface area contributed by atoms with E-state index in [1.165, 1.54) is 33.9 Å². The molecule has 6 N–H and O–H groups in total. The summed E-state index contributed by atoms with van der Waals surface area (Å²) in [6.07, 6.45) is 3.80. The highest BCUT2D eigenvalue weighted by molar-refractivity contribution is 5.96. The zero-order chi connectivity index (χ0) is 51.8. The maximum atomic E-state index is 14.0. The van der Waals surface area contributed by atoms with Crippen molar-refractivity contribution >= 4 is 47.6 Å². The summed E-state index contributed by atoms with van der Waals surface area (Å²) in [5.74, 6) is -6.29. The van der Waals surface area contributed by atoms with E-state index in [0.29, 0.717) is 36.9 Å². The molecule has 0 aliphatic carbocycles. The SMILES string of the molecule is C/C=C(\C)[C@H]1OC(=O)[C@@H](C)NC(=O)[C@H](C(C)CC)NC(=O)CN(C)C(=O)[C@@H](Cc2ccccc2)NC(=O)[C@H](C)NC(=O)[C@@H](CC(C)C)OC(=O)/C(C)=C/C[C@H](OC(=O)NCCCCCCCO)[C@@H]1C. The summed E-state index contributed by atoms with van der Waals surface area (Å²) < 4.78 is 17.8. The van der Waals surface area contributed by atoms with Crippen LogP contribution in [0, 0.1) is 17.8 Å². The fourth-order valence-electron chi connectivity index (χ4n) is 7.50. The van der Waals surface area contributed by atoms with Crippen LogP contribution in [0.25, 0.3) is 0 Å². The van der Waals surface area contributed by atoms with Crippen LogP contribution >= 0.6 is 0 Å². The molecule has 18 nitrogen and oxygen atoms in total. The number of allylic oxidation sites excluding steroid dienone is 1. The van der Waals surface area contributed by atoms with Crippen molar-refractivity contribution in [2.45, 2.75) is 170 Å². The molecule has 0 spiro atoms. The molecular weight excluding hydrogens is 889 g/mol. The number of cyclic esters (lactones) is 2. The van der Waals surface area contributed by atoms with Crippen molar-refractivity contribution in [2.24, 2.45) is 17.8 Å². The molecule has 6 amide bonds. The van der Waals surface area contributed by atoms with E-state index in [4.69, 9.17) is 19.3 Å². The number of nitrogens with one attached hydrogen (secondary N) is 5. The minimum atomic E-state index is -1.32. The Morgan fingerprint density at radius 3 is 2.14 bits per heavy atom. The number of likely N-dealkylation sites (N-methyl/N-ethyl adjacent to an activating group) is 1. The van der Waals surface area contributed by atoms with Gasteiger partial charge < -0.3 is 50.8 Å². The summed E-state index contributed by atoms with van der Waals surface area (Å²) in [4.78, 5) is 111. The topological polar surface area (TPSA) is 248 Å². The van der Waals surface area contributed by atoms with Gasteiger partial charge >= 0.3 is 18.0 Å². The van der Waals surface area contributed by atoms with Gasteiger partial charge in [-0.15, -0.1) is 0 Å². The third-order valence-corrected chi connectivity index (χ3v) is 12.2. The highest BCUT2D eigenvalue weighted by Gasteiger charge is 2.36. The zero-order valence-corrected chi connectivity index (χ0v) is 42.7. The number of rotatable bonds is 15. The van der Waals surface area contributed by atoms with Gasteiger partial charge in [0, 0.05) is 44.5 Å². The van der Waals surface area contributed by atoms with Gasteiger partial charge in [-0.1, -0.05) is 103 Å².